The van der Waals surface area contributed by atoms with E-state index in [0.29, 0.717) is 35.7 Å². The van der Waals surface area contributed by atoms with E-state index in [9.17, 15) is 4.79 Å². The van der Waals surface area contributed by atoms with Crippen molar-refractivity contribution in [2.75, 3.05) is 0 Å². The number of aromatic amines is 2. The van der Waals surface area contributed by atoms with E-state index in [2.05, 4.69) is 30.0 Å². The van der Waals surface area contributed by atoms with Gasteiger partial charge in [-0.25, -0.2) is 4.98 Å². The van der Waals surface area contributed by atoms with Crippen LogP contribution in [0.1, 0.15) is 22.8 Å². The minimum Gasteiger partial charge on any atom is -0.308 e. The number of aromatic nitrogens is 6. The number of aryl methyl sites for hydroxylation is 1. The van der Waals surface area contributed by atoms with Crippen LogP contribution in [-0.2, 0) is 19.6 Å². The zero-order valence-electron chi connectivity index (χ0n) is 17.4. The molecule has 8 nitrogen and oxygen atoms in total. The normalized spacial score (nSPS) is 11.4. The summed E-state index contributed by atoms with van der Waals surface area (Å²) in [6, 6.07) is 11.8. The van der Waals surface area contributed by atoms with Gasteiger partial charge in [0.2, 0.25) is 0 Å². The lowest BCUT2D eigenvalue weighted by atomic mass is 10.2. The Bertz CT molecular complexity index is 1350. The van der Waals surface area contributed by atoms with Crippen LogP contribution >= 0.6 is 11.3 Å². The molecule has 160 valence electrons. The van der Waals surface area contributed by atoms with Gasteiger partial charge in [-0.05, 0) is 36.8 Å². The molecule has 0 unspecified atom stereocenters. The van der Waals surface area contributed by atoms with E-state index in [4.69, 9.17) is 4.98 Å². The number of rotatable bonds is 7. The van der Waals surface area contributed by atoms with Crippen molar-refractivity contribution >= 4 is 21.6 Å². The van der Waals surface area contributed by atoms with E-state index in [-0.39, 0.29) is 5.56 Å². The van der Waals surface area contributed by atoms with Gasteiger partial charge in [-0.1, -0.05) is 12.1 Å². The van der Waals surface area contributed by atoms with Crippen molar-refractivity contribution in [3.63, 3.8) is 0 Å². The third-order valence-electron chi connectivity index (χ3n) is 5.14. The summed E-state index contributed by atoms with van der Waals surface area (Å²) in [5, 5.41) is 7.03. The first-order valence-corrected chi connectivity index (χ1v) is 11.0. The third-order valence-corrected chi connectivity index (χ3v) is 6.30. The summed E-state index contributed by atoms with van der Waals surface area (Å²) in [7, 11) is 0. The average Bonchev–Trinajstić information content (AvgIpc) is 3.41. The fourth-order valence-electron chi connectivity index (χ4n) is 3.65. The Morgan fingerprint density at radius 1 is 1.06 bits per heavy atom. The number of thiophene rings is 1. The van der Waals surface area contributed by atoms with Crippen LogP contribution in [0.5, 0.6) is 0 Å². The summed E-state index contributed by atoms with van der Waals surface area (Å²) in [4.78, 5) is 32.4. The average molecular weight is 444 g/mol. The summed E-state index contributed by atoms with van der Waals surface area (Å²) < 4.78 is 0.618. The molecule has 5 aromatic heterocycles. The number of hydrogen-bond donors (Lipinski definition) is 2. The van der Waals surface area contributed by atoms with Gasteiger partial charge < -0.3 is 4.98 Å². The molecular weight excluding hydrogens is 422 g/mol. The van der Waals surface area contributed by atoms with Crippen LogP contribution in [0.25, 0.3) is 20.7 Å². The third kappa shape index (κ3) is 4.34. The monoisotopic (exact) mass is 443 g/mol. The van der Waals surface area contributed by atoms with Crippen molar-refractivity contribution in [1.29, 1.82) is 0 Å². The molecule has 5 heterocycles. The first kappa shape index (κ1) is 20.2. The van der Waals surface area contributed by atoms with Crippen molar-refractivity contribution in [3.8, 4) is 10.4 Å². The molecule has 0 aliphatic heterocycles. The molecule has 0 radical (unpaired) electrons. The fourth-order valence-corrected chi connectivity index (χ4v) is 4.70. The molecule has 0 amide bonds. The SMILES string of the molecule is Cc1[nH]ncc1-c1cc2nc(CN(Cc3cccnc3)Cc3ccccn3)[nH]c(=O)c2s1. The molecule has 0 atom stereocenters. The maximum Gasteiger partial charge on any atom is 0.268 e. The standard InChI is InChI=1S/C23H21N7OS/c1-15-18(11-26-29-15)20-9-19-22(32-20)23(31)28-21(27-19)14-30(12-16-5-4-7-24-10-16)13-17-6-2-3-8-25-17/h2-11H,12-14H2,1H3,(H,26,29)(H,27,28,31). The Labute approximate surface area is 188 Å². The van der Waals surface area contributed by atoms with Gasteiger partial charge >= 0.3 is 0 Å². The molecule has 0 saturated heterocycles. The van der Waals surface area contributed by atoms with Crippen LogP contribution < -0.4 is 5.56 Å². The predicted molar refractivity (Wildman–Crippen MR) is 124 cm³/mol. The number of nitrogens with zero attached hydrogens (tertiary/aromatic N) is 5. The Hall–Kier alpha value is -3.69. The lowest BCUT2D eigenvalue weighted by Gasteiger charge is -2.21. The summed E-state index contributed by atoms with van der Waals surface area (Å²) in [6.45, 7) is 3.73. The lowest BCUT2D eigenvalue weighted by molar-refractivity contribution is 0.238. The highest BCUT2D eigenvalue weighted by atomic mass is 32.1. The van der Waals surface area contributed by atoms with E-state index in [1.54, 1.807) is 18.6 Å². The van der Waals surface area contributed by atoms with Gasteiger partial charge in [-0.2, -0.15) is 5.10 Å². The molecule has 9 heteroatoms. The van der Waals surface area contributed by atoms with E-state index in [0.717, 1.165) is 27.4 Å². The second kappa shape index (κ2) is 8.81. The second-order valence-electron chi connectivity index (χ2n) is 7.57. The maximum absolute atomic E-state index is 12.8. The van der Waals surface area contributed by atoms with Gasteiger partial charge in [-0.3, -0.25) is 24.8 Å². The molecule has 0 aliphatic rings. The molecule has 0 aromatic carbocycles. The van der Waals surface area contributed by atoms with Gasteiger partial charge in [0, 0.05) is 47.8 Å². The minimum atomic E-state index is -0.124. The van der Waals surface area contributed by atoms with Crippen molar-refractivity contribution in [2.24, 2.45) is 0 Å². The summed E-state index contributed by atoms with van der Waals surface area (Å²) in [5.74, 6) is 0.621. The molecule has 32 heavy (non-hydrogen) atoms. The molecule has 5 aromatic rings. The van der Waals surface area contributed by atoms with E-state index >= 15 is 0 Å². The summed E-state index contributed by atoms with van der Waals surface area (Å²) in [5.41, 5.74) is 4.56. The number of pyridine rings is 2. The van der Waals surface area contributed by atoms with Gasteiger partial charge in [0.25, 0.3) is 5.56 Å². The summed E-state index contributed by atoms with van der Waals surface area (Å²) >= 11 is 1.43. The van der Waals surface area contributed by atoms with E-state index in [1.165, 1.54) is 11.3 Å². The number of fused-ring (bicyclic) bond motifs is 1. The molecule has 0 spiro atoms. The summed E-state index contributed by atoms with van der Waals surface area (Å²) in [6.07, 6.45) is 7.17. The molecular formula is C23H21N7OS. The van der Waals surface area contributed by atoms with Crippen molar-refractivity contribution < 1.29 is 0 Å². The van der Waals surface area contributed by atoms with Gasteiger partial charge in [0.05, 0.1) is 24.0 Å². The number of hydrogen-bond acceptors (Lipinski definition) is 7. The first-order chi connectivity index (χ1) is 15.7. The van der Waals surface area contributed by atoms with Crippen LogP contribution in [0.4, 0.5) is 0 Å². The van der Waals surface area contributed by atoms with Crippen molar-refractivity contribution in [3.05, 3.63) is 94.3 Å². The van der Waals surface area contributed by atoms with Gasteiger partial charge in [0.1, 0.15) is 10.5 Å². The Balaban J connectivity index is 1.46. The zero-order chi connectivity index (χ0) is 21.9. The van der Waals surface area contributed by atoms with Crippen LogP contribution in [-0.4, -0.2) is 35.0 Å². The second-order valence-corrected chi connectivity index (χ2v) is 8.63. The Morgan fingerprint density at radius 2 is 2.00 bits per heavy atom. The molecule has 0 aliphatic carbocycles. The molecule has 2 N–H and O–H groups in total. The Morgan fingerprint density at radius 3 is 2.75 bits per heavy atom. The van der Waals surface area contributed by atoms with Crippen molar-refractivity contribution in [1.82, 2.24) is 35.0 Å². The quantitative estimate of drug-likeness (QED) is 0.398. The topological polar surface area (TPSA) is 103 Å². The zero-order valence-corrected chi connectivity index (χ0v) is 18.3. The molecule has 0 fully saturated rings. The van der Waals surface area contributed by atoms with Crippen molar-refractivity contribution in [2.45, 2.75) is 26.6 Å². The molecule has 0 bridgehead atoms. The van der Waals surface area contributed by atoms with E-state index in [1.807, 2.05) is 49.5 Å². The number of H-pyrrole nitrogens is 2. The van der Waals surface area contributed by atoms with Gasteiger partial charge in [-0.15, -0.1) is 11.3 Å². The van der Waals surface area contributed by atoms with Crippen LogP contribution in [0.2, 0.25) is 0 Å². The van der Waals surface area contributed by atoms with E-state index < -0.39 is 0 Å². The van der Waals surface area contributed by atoms with Gasteiger partial charge in [0.15, 0.2) is 0 Å². The fraction of sp³-hybridized carbons (Fsp3) is 0.174. The van der Waals surface area contributed by atoms with Crippen LogP contribution in [0.3, 0.4) is 0 Å². The number of nitrogens with one attached hydrogen (secondary N) is 2. The predicted octanol–water partition coefficient (Wildman–Crippen LogP) is 3.68. The molecule has 5 rings (SSSR count). The minimum absolute atomic E-state index is 0.124. The highest BCUT2D eigenvalue weighted by molar-refractivity contribution is 7.22. The smallest absolute Gasteiger partial charge is 0.268 e. The largest absolute Gasteiger partial charge is 0.308 e. The van der Waals surface area contributed by atoms with Crippen LogP contribution in [0.15, 0.2) is 66.0 Å². The molecule has 0 saturated carbocycles. The maximum atomic E-state index is 12.8. The Kier molecular flexibility index (Phi) is 5.57. The first-order valence-electron chi connectivity index (χ1n) is 10.2. The highest BCUT2D eigenvalue weighted by Crippen LogP contribution is 2.32. The highest BCUT2D eigenvalue weighted by Gasteiger charge is 2.15. The van der Waals surface area contributed by atoms with Crippen LogP contribution in [0, 0.1) is 6.92 Å². The lowest BCUT2D eigenvalue weighted by Crippen LogP contribution is -2.25.